The highest BCUT2D eigenvalue weighted by molar-refractivity contribution is 7.80. The molecule has 0 radical (unpaired) electrons. The Labute approximate surface area is 498 Å². The number of aryl methyl sites for hydroxylation is 1. The molecule has 8 rings (SSSR count). The summed E-state index contributed by atoms with van der Waals surface area (Å²) in [5.74, 6) is 0.465. The number of hydrogen-bond acceptors (Lipinski definition) is 13. The summed E-state index contributed by atoms with van der Waals surface area (Å²) < 4.78 is 38.9. The van der Waals surface area contributed by atoms with E-state index in [0.29, 0.717) is 80.8 Å². The number of primary amides is 1. The number of ether oxygens (including phenoxy) is 1. The van der Waals surface area contributed by atoms with Crippen molar-refractivity contribution in [3.05, 3.63) is 41.7 Å². The van der Waals surface area contributed by atoms with Gasteiger partial charge >= 0.3 is 5.97 Å². The summed E-state index contributed by atoms with van der Waals surface area (Å²) in [6.07, 6.45) is 21.9. The molecule has 3 aliphatic heterocycles. The van der Waals surface area contributed by atoms with E-state index < -0.39 is 76.1 Å². The van der Waals surface area contributed by atoms with Gasteiger partial charge in [-0.1, -0.05) is 78.9 Å². The molecule has 0 unspecified atom stereocenters. The molecule has 0 aromatic carbocycles. The summed E-state index contributed by atoms with van der Waals surface area (Å²) in [7, 11) is -1.79. The third-order valence-corrected chi connectivity index (χ3v) is 20.7. The molecule has 13 atom stereocenters. The van der Waals surface area contributed by atoms with Gasteiger partial charge < -0.3 is 45.7 Å². The molecule has 1 aromatic rings. The highest BCUT2D eigenvalue weighted by atomic mass is 32.3. The van der Waals surface area contributed by atoms with E-state index in [2.05, 4.69) is 60.8 Å². The highest BCUT2D eigenvalue weighted by Crippen LogP contribution is 2.67. The summed E-state index contributed by atoms with van der Waals surface area (Å²) in [5, 5.41) is 8.34. The summed E-state index contributed by atoms with van der Waals surface area (Å²) in [5.41, 5.74) is 7.93. The number of pyridine rings is 1. The second kappa shape index (κ2) is 28.8. The number of rotatable bonds is 22. The lowest BCUT2D eigenvalue weighted by atomic mass is 9.47. The number of nitrogens with one attached hydrogen (secondary N) is 3. The number of carbonyl (C=O) groups is 8. The monoisotopic (exact) mass is 1190 g/mol. The molecule has 468 valence electrons. The van der Waals surface area contributed by atoms with Crippen molar-refractivity contribution in [3.63, 3.8) is 0 Å². The van der Waals surface area contributed by atoms with Gasteiger partial charge in [0.15, 0.2) is 12.4 Å². The number of carbonyl (C=O) groups excluding carboxylic acids is 8. The molecular formula is C62H96N8O13S. The van der Waals surface area contributed by atoms with Crippen LogP contribution < -0.4 is 26.3 Å². The zero-order valence-corrected chi connectivity index (χ0v) is 51.9. The van der Waals surface area contributed by atoms with Crippen LogP contribution in [0.4, 0.5) is 0 Å². The van der Waals surface area contributed by atoms with Gasteiger partial charge in [-0.3, -0.25) is 42.5 Å². The average molecular weight is 1190 g/mol. The van der Waals surface area contributed by atoms with E-state index in [9.17, 15) is 51.3 Å². The lowest BCUT2D eigenvalue weighted by Crippen LogP contribution is -2.58. The van der Waals surface area contributed by atoms with Crippen LogP contribution in [0, 0.1) is 46.3 Å². The number of amides is 7. The summed E-state index contributed by atoms with van der Waals surface area (Å²) in [4.78, 5) is 114. The quantitative estimate of drug-likeness (QED) is 0.0378. The normalized spacial score (nSPS) is 29.2. The van der Waals surface area contributed by atoms with E-state index >= 15 is 0 Å². The van der Waals surface area contributed by atoms with Crippen molar-refractivity contribution in [3.8, 4) is 0 Å². The third kappa shape index (κ3) is 15.7. The molecule has 0 spiro atoms. The number of nitrogens with zero attached hydrogens (tertiary/aromatic N) is 4. The standard InChI is InChI=1S/C61H92N8O9.CH4O4S/c1-8-14-48(65-54(72)47(25-26-52(62)70)64-56(74)50-19-12-33-68(50)59(77)51-20-13-34-69(51)57(75)40-17-10-31-66(7)37-40)58(76)67-32-11-18-49(67)55(73)63-36-53(71)78-42-27-29-60(5)41(35-42)21-22-43-45-24-23-44(39(4)16-9-15-38(2)3)61(45,6)30-28-46(43)60;1-5-6(2,3)4/h10,17,21,31,37-39,42-51H,8-9,11-16,18-20,22-30,32-36H2,1-7H3,(H4-,62,63,64,65,70,72,73,74);1H3,(H,2,3,4)/t39-,42+,43+,44-,45+,46+,47+,48+,49+,50+,51+,60+,61-;/m1./s1. The lowest BCUT2D eigenvalue weighted by molar-refractivity contribution is -0.671. The van der Waals surface area contributed by atoms with Gasteiger partial charge in [-0.25, -0.2) is 13.0 Å². The SMILES string of the molecule is CCC[C@H](NC(=O)[C@H](CCC(N)=O)NC(=O)[C@@H]1CCCN1C(=O)[C@@H]1CCCN1C(=O)c1ccc[n+](C)c1)C(=O)N1CCC[C@H]1C(=O)NCC(=O)O[C@H]1CC[C@@]2(C)C(=CC[C@H]3[C@@H]4CC[C@H]([C@H](C)CCCC(C)C)[C@@]4(C)CC[C@@H]32)C1.COS(=O)(=O)[O-]. The number of allylic oxidation sites excluding steroid dienone is 1. The fraction of sp³-hybridized carbons (Fsp3) is 0.758. The van der Waals surface area contributed by atoms with Crippen LogP contribution in [0.5, 0.6) is 0 Å². The van der Waals surface area contributed by atoms with Gasteiger partial charge in [-0.15, -0.1) is 0 Å². The van der Waals surface area contributed by atoms with Crippen LogP contribution in [-0.2, 0) is 59.9 Å². The Kier molecular flexibility index (Phi) is 22.7. The summed E-state index contributed by atoms with van der Waals surface area (Å²) >= 11 is 0. The van der Waals surface area contributed by atoms with E-state index in [1.54, 1.807) is 27.8 Å². The van der Waals surface area contributed by atoms with Crippen LogP contribution in [0.25, 0.3) is 0 Å². The van der Waals surface area contributed by atoms with Crippen molar-refractivity contribution < 1.29 is 64.8 Å². The molecule has 3 saturated heterocycles. The predicted octanol–water partition coefficient (Wildman–Crippen LogP) is 5.30. The lowest BCUT2D eigenvalue weighted by Gasteiger charge is -2.58. The molecule has 84 heavy (non-hydrogen) atoms. The van der Waals surface area contributed by atoms with Crippen LogP contribution in [0.1, 0.15) is 187 Å². The fourth-order valence-electron chi connectivity index (χ4n) is 16.0. The van der Waals surface area contributed by atoms with Crippen molar-refractivity contribution >= 4 is 57.7 Å². The molecule has 0 bridgehead atoms. The highest BCUT2D eigenvalue weighted by Gasteiger charge is 2.59. The van der Waals surface area contributed by atoms with E-state index in [-0.39, 0.29) is 55.7 Å². The number of nitrogens with two attached hydrogens (primary N) is 1. The Hall–Kier alpha value is -5.48. The maximum Gasteiger partial charge on any atom is 0.325 e. The smallest absolute Gasteiger partial charge is 0.325 e. The zero-order chi connectivity index (χ0) is 61.3. The Morgan fingerprint density at radius 3 is 2.13 bits per heavy atom. The number of esters is 1. The van der Waals surface area contributed by atoms with Gasteiger partial charge in [0.25, 0.3) is 5.91 Å². The second-order valence-corrected chi connectivity index (χ2v) is 27.3. The number of likely N-dealkylation sites (tertiary alicyclic amines) is 3. The Morgan fingerprint density at radius 1 is 0.810 bits per heavy atom. The van der Waals surface area contributed by atoms with Crippen LogP contribution in [0.15, 0.2) is 36.2 Å². The molecule has 1 aromatic heterocycles. The van der Waals surface area contributed by atoms with Crippen LogP contribution in [0.2, 0.25) is 0 Å². The Bertz CT molecular complexity index is 2710. The maximum atomic E-state index is 14.3. The minimum absolute atomic E-state index is 0.109. The molecule has 21 nitrogen and oxygen atoms in total. The molecule has 6 fully saturated rings. The topological polar surface area (TPSA) is 288 Å². The number of fused-ring (bicyclic) bond motifs is 5. The van der Waals surface area contributed by atoms with E-state index in [4.69, 9.17) is 10.5 Å². The molecule has 22 heteroatoms. The fourth-order valence-corrected chi connectivity index (χ4v) is 16.0. The Morgan fingerprint density at radius 2 is 1.48 bits per heavy atom. The predicted molar refractivity (Wildman–Crippen MR) is 311 cm³/mol. The molecular weight excluding hydrogens is 1100 g/mol. The van der Waals surface area contributed by atoms with Crippen LogP contribution >= 0.6 is 0 Å². The third-order valence-electron chi connectivity index (χ3n) is 20.3. The van der Waals surface area contributed by atoms with Gasteiger partial charge in [-0.05, 0) is 149 Å². The minimum atomic E-state index is -4.41. The van der Waals surface area contributed by atoms with E-state index in [1.165, 1.54) is 60.3 Å². The van der Waals surface area contributed by atoms with Gasteiger partial charge in [0, 0.05) is 38.5 Å². The van der Waals surface area contributed by atoms with Gasteiger partial charge in [-0.2, -0.15) is 0 Å². The first-order valence-electron chi connectivity index (χ1n) is 31.2. The number of hydrogen-bond donors (Lipinski definition) is 4. The van der Waals surface area contributed by atoms with E-state index in [1.807, 2.05) is 20.2 Å². The van der Waals surface area contributed by atoms with Gasteiger partial charge in [0.05, 0.1) is 7.11 Å². The van der Waals surface area contributed by atoms with Crippen LogP contribution in [-0.4, -0.2) is 145 Å². The second-order valence-electron chi connectivity index (χ2n) is 26.1. The number of aromatic nitrogens is 1. The first kappa shape index (κ1) is 66.1. The van der Waals surface area contributed by atoms with Crippen molar-refractivity contribution in [1.29, 1.82) is 0 Å². The molecule has 5 N–H and O–H groups in total. The van der Waals surface area contributed by atoms with Gasteiger partial charge in [0.2, 0.25) is 45.8 Å². The molecule has 7 amide bonds. The van der Waals surface area contributed by atoms with Crippen molar-refractivity contribution in [2.75, 3.05) is 33.3 Å². The summed E-state index contributed by atoms with van der Waals surface area (Å²) in [6.45, 7) is 14.8. The first-order valence-corrected chi connectivity index (χ1v) is 32.6. The van der Waals surface area contributed by atoms with Crippen molar-refractivity contribution in [2.45, 2.75) is 213 Å². The minimum Gasteiger partial charge on any atom is -0.726 e. The first-order chi connectivity index (χ1) is 39.8. The molecule has 7 aliphatic rings. The molecule has 4 aliphatic carbocycles. The zero-order valence-electron chi connectivity index (χ0n) is 51.1. The largest absolute Gasteiger partial charge is 0.726 e. The van der Waals surface area contributed by atoms with Crippen molar-refractivity contribution in [1.82, 2.24) is 30.7 Å². The molecule has 3 saturated carbocycles. The summed E-state index contributed by atoms with van der Waals surface area (Å²) in [6, 6.07) is -1.38. The maximum absolute atomic E-state index is 14.3. The van der Waals surface area contributed by atoms with E-state index in [0.717, 1.165) is 56.5 Å². The molecule has 4 heterocycles. The average Bonchev–Trinajstić information content (AvgIpc) is 1.83. The van der Waals surface area contributed by atoms with Crippen LogP contribution in [0.3, 0.4) is 0 Å². The van der Waals surface area contributed by atoms with Gasteiger partial charge in [0.1, 0.15) is 55.5 Å². The van der Waals surface area contributed by atoms with Crippen molar-refractivity contribution in [2.24, 2.45) is 59.1 Å². The Balaban J connectivity index is 0.00000160.